The van der Waals surface area contributed by atoms with Crippen molar-refractivity contribution in [1.29, 1.82) is 0 Å². The first-order chi connectivity index (χ1) is 10.5. The minimum atomic E-state index is -0.469. The van der Waals surface area contributed by atoms with Gasteiger partial charge in [0.1, 0.15) is 5.82 Å². The molecule has 1 aliphatic carbocycles. The number of carbonyl (C=O) groups excluding carboxylic acids is 1. The van der Waals surface area contributed by atoms with E-state index in [4.69, 9.17) is 5.73 Å². The number of amides is 1. The summed E-state index contributed by atoms with van der Waals surface area (Å²) in [7, 11) is 0. The number of hydrogen-bond acceptors (Lipinski definition) is 3. The zero-order valence-corrected chi connectivity index (χ0v) is 13.2. The SMILES string of the molecule is CC(C)C[C@H](N)C(=O)Nc1ccc2nc(C3CCC3)[nH]c2c1. The summed E-state index contributed by atoms with van der Waals surface area (Å²) in [5, 5.41) is 2.89. The van der Waals surface area contributed by atoms with Crippen molar-refractivity contribution in [3.8, 4) is 0 Å². The van der Waals surface area contributed by atoms with Gasteiger partial charge in [-0.3, -0.25) is 4.79 Å². The van der Waals surface area contributed by atoms with Crippen molar-refractivity contribution >= 4 is 22.6 Å². The van der Waals surface area contributed by atoms with Gasteiger partial charge in [-0.1, -0.05) is 20.3 Å². The molecule has 3 rings (SSSR count). The highest BCUT2D eigenvalue weighted by Crippen LogP contribution is 2.35. The number of rotatable bonds is 5. The van der Waals surface area contributed by atoms with Crippen LogP contribution >= 0.6 is 0 Å². The van der Waals surface area contributed by atoms with Crippen LogP contribution in [-0.2, 0) is 4.79 Å². The summed E-state index contributed by atoms with van der Waals surface area (Å²) >= 11 is 0. The minimum Gasteiger partial charge on any atom is -0.342 e. The Labute approximate surface area is 130 Å². The molecule has 0 unspecified atom stereocenters. The maximum atomic E-state index is 12.1. The molecule has 4 N–H and O–H groups in total. The number of aromatic nitrogens is 2. The summed E-state index contributed by atoms with van der Waals surface area (Å²) < 4.78 is 0. The first-order valence-corrected chi connectivity index (χ1v) is 8.09. The number of carbonyl (C=O) groups is 1. The molecule has 2 aromatic rings. The van der Waals surface area contributed by atoms with Gasteiger partial charge >= 0.3 is 0 Å². The number of benzene rings is 1. The van der Waals surface area contributed by atoms with Gasteiger partial charge in [0, 0.05) is 11.6 Å². The molecule has 118 valence electrons. The average molecular weight is 300 g/mol. The molecule has 1 fully saturated rings. The number of nitrogens with zero attached hydrogens (tertiary/aromatic N) is 1. The van der Waals surface area contributed by atoms with Crippen LogP contribution < -0.4 is 11.1 Å². The van der Waals surface area contributed by atoms with Gasteiger partial charge in [0.25, 0.3) is 0 Å². The number of nitrogens with two attached hydrogens (primary N) is 1. The van der Waals surface area contributed by atoms with Gasteiger partial charge in [-0.2, -0.15) is 0 Å². The minimum absolute atomic E-state index is 0.133. The van der Waals surface area contributed by atoms with Crippen molar-refractivity contribution in [2.75, 3.05) is 5.32 Å². The lowest BCUT2D eigenvalue weighted by Gasteiger charge is -2.22. The van der Waals surface area contributed by atoms with E-state index in [9.17, 15) is 4.79 Å². The molecule has 5 heteroatoms. The van der Waals surface area contributed by atoms with Crippen molar-refractivity contribution in [1.82, 2.24) is 9.97 Å². The van der Waals surface area contributed by atoms with Gasteiger partial charge in [0.2, 0.25) is 5.91 Å². The first kappa shape index (κ1) is 15.0. The number of H-pyrrole nitrogens is 1. The van der Waals surface area contributed by atoms with E-state index in [-0.39, 0.29) is 5.91 Å². The Morgan fingerprint density at radius 1 is 1.45 bits per heavy atom. The van der Waals surface area contributed by atoms with E-state index in [1.54, 1.807) is 0 Å². The molecule has 0 radical (unpaired) electrons. The third-order valence-corrected chi connectivity index (χ3v) is 4.32. The van der Waals surface area contributed by atoms with Crippen molar-refractivity contribution in [3.63, 3.8) is 0 Å². The Hall–Kier alpha value is -1.88. The lowest BCUT2D eigenvalue weighted by molar-refractivity contribution is -0.117. The molecule has 1 atom stereocenters. The Morgan fingerprint density at radius 3 is 2.86 bits per heavy atom. The van der Waals surface area contributed by atoms with Crippen molar-refractivity contribution in [3.05, 3.63) is 24.0 Å². The summed E-state index contributed by atoms with van der Waals surface area (Å²) in [4.78, 5) is 20.1. The monoisotopic (exact) mass is 300 g/mol. The van der Waals surface area contributed by atoms with Crippen molar-refractivity contribution < 1.29 is 4.79 Å². The smallest absolute Gasteiger partial charge is 0.241 e. The number of fused-ring (bicyclic) bond motifs is 1. The molecule has 1 aromatic heterocycles. The Bertz CT molecular complexity index is 672. The third kappa shape index (κ3) is 3.14. The average Bonchev–Trinajstić information content (AvgIpc) is 2.78. The molecule has 0 saturated heterocycles. The second-order valence-electron chi connectivity index (χ2n) is 6.71. The maximum absolute atomic E-state index is 12.1. The van der Waals surface area contributed by atoms with Gasteiger partial charge in [-0.05, 0) is 43.4 Å². The predicted octanol–water partition coefficient (Wildman–Crippen LogP) is 3.14. The second-order valence-corrected chi connectivity index (χ2v) is 6.71. The summed E-state index contributed by atoms with van der Waals surface area (Å²) in [6.07, 6.45) is 4.40. The van der Waals surface area contributed by atoms with E-state index >= 15 is 0 Å². The van der Waals surface area contributed by atoms with Gasteiger partial charge in [-0.25, -0.2) is 4.98 Å². The maximum Gasteiger partial charge on any atom is 0.241 e. The summed E-state index contributed by atoms with van der Waals surface area (Å²) in [5.74, 6) is 1.92. The van der Waals surface area contributed by atoms with E-state index < -0.39 is 6.04 Å². The van der Waals surface area contributed by atoms with Gasteiger partial charge in [0.15, 0.2) is 0 Å². The summed E-state index contributed by atoms with van der Waals surface area (Å²) in [6.45, 7) is 4.12. The second kappa shape index (κ2) is 6.08. The topological polar surface area (TPSA) is 83.8 Å². The van der Waals surface area contributed by atoms with Crippen molar-refractivity contribution in [2.24, 2.45) is 11.7 Å². The molecule has 5 nitrogen and oxygen atoms in total. The number of nitrogens with one attached hydrogen (secondary N) is 2. The van der Waals surface area contributed by atoms with Crippen LogP contribution in [0.25, 0.3) is 11.0 Å². The standard InChI is InChI=1S/C17H24N4O/c1-10(2)8-13(18)17(22)19-12-6-7-14-15(9-12)21-16(20-14)11-4-3-5-11/h6-7,9-11,13H,3-5,8,18H2,1-2H3,(H,19,22)(H,20,21)/t13-/m0/s1. The van der Waals surface area contributed by atoms with Gasteiger partial charge in [0.05, 0.1) is 17.1 Å². The van der Waals surface area contributed by atoms with E-state index in [1.165, 1.54) is 19.3 Å². The van der Waals surface area contributed by atoms with Crippen LogP contribution in [0.5, 0.6) is 0 Å². The quantitative estimate of drug-likeness (QED) is 0.793. The van der Waals surface area contributed by atoms with E-state index in [2.05, 4.69) is 29.1 Å². The van der Waals surface area contributed by atoms with Gasteiger partial charge < -0.3 is 16.0 Å². The van der Waals surface area contributed by atoms with Crippen LogP contribution in [-0.4, -0.2) is 21.9 Å². The van der Waals surface area contributed by atoms with E-state index in [1.807, 2.05) is 18.2 Å². The first-order valence-electron chi connectivity index (χ1n) is 8.09. The molecular formula is C17H24N4O. The zero-order chi connectivity index (χ0) is 15.7. The molecule has 1 aliphatic rings. The fourth-order valence-corrected chi connectivity index (χ4v) is 2.83. The normalized spacial score (nSPS) is 16.7. The van der Waals surface area contributed by atoms with Crippen LogP contribution in [0.3, 0.4) is 0 Å². The van der Waals surface area contributed by atoms with E-state index in [0.29, 0.717) is 18.3 Å². The lowest BCUT2D eigenvalue weighted by atomic mass is 9.85. The number of imidazole rings is 1. The molecule has 22 heavy (non-hydrogen) atoms. The van der Waals surface area contributed by atoms with Crippen LogP contribution in [0.2, 0.25) is 0 Å². The van der Waals surface area contributed by atoms with E-state index in [0.717, 1.165) is 22.5 Å². The zero-order valence-electron chi connectivity index (χ0n) is 13.2. The highest BCUT2D eigenvalue weighted by molar-refractivity contribution is 5.96. The fourth-order valence-electron chi connectivity index (χ4n) is 2.83. The molecular weight excluding hydrogens is 276 g/mol. The summed E-state index contributed by atoms with van der Waals surface area (Å²) in [5.41, 5.74) is 8.60. The predicted molar refractivity (Wildman–Crippen MR) is 88.7 cm³/mol. The highest BCUT2D eigenvalue weighted by atomic mass is 16.2. The van der Waals surface area contributed by atoms with Crippen LogP contribution in [0.4, 0.5) is 5.69 Å². The lowest BCUT2D eigenvalue weighted by Crippen LogP contribution is -2.36. The molecule has 0 aliphatic heterocycles. The number of anilines is 1. The fraction of sp³-hybridized carbons (Fsp3) is 0.529. The molecule has 1 aromatic carbocycles. The largest absolute Gasteiger partial charge is 0.342 e. The third-order valence-electron chi connectivity index (χ3n) is 4.32. The number of hydrogen-bond donors (Lipinski definition) is 3. The molecule has 0 spiro atoms. The molecule has 1 heterocycles. The van der Waals surface area contributed by atoms with Crippen LogP contribution in [0, 0.1) is 5.92 Å². The van der Waals surface area contributed by atoms with Crippen molar-refractivity contribution in [2.45, 2.75) is 51.5 Å². The van der Waals surface area contributed by atoms with Crippen LogP contribution in [0.1, 0.15) is 51.3 Å². The molecule has 1 amide bonds. The highest BCUT2D eigenvalue weighted by Gasteiger charge is 2.22. The molecule has 1 saturated carbocycles. The summed E-state index contributed by atoms with van der Waals surface area (Å²) in [6, 6.07) is 5.29. The number of aromatic amines is 1. The Kier molecular flexibility index (Phi) is 4.16. The Balaban J connectivity index is 1.72. The van der Waals surface area contributed by atoms with Gasteiger partial charge in [-0.15, -0.1) is 0 Å². The molecule has 0 bridgehead atoms. The Morgan fingerprint density at radius 2 is 2.23 bits per heavy atom. The van der Waals surface area contributed by atoms with Crippen LogP contribution in [0.15, 0.2) is 18.2 Å².